The van der Waals surface area contributed by atoms with E-state index in [0.717, 1.165) is 6.21 Å². The zero-order valence-electron chi connectivity index (χ0n) is 11.5. The van der Waals surface area contributed by atoms with Crippen LogP contribution in [0.15, 0.2) is 5.16 Å². The summed E-state index contributed by atoms with van der Waals surface area (Å²) in [6, 6.07) is 0. The van der Waals surface area contributed by atoms with E-state index in [1.807, 2.05) is 0 Å². The van der Waals surface area contributed by atoms with Crippen molar-refractivity contribution in [1.82, 2.24) is 0 Å². The maximum atomic E-state index is 10.6. The molecule has 1 aliphatic carbocycles. The fraction of sp³-hybridized carbons (Fsp3) is 0.917. The smallest absolute Gasteiger partial charge is 0.163 e. The van der Waals surface area contributed by atoms with Gasteiger partial charge in [-0.15, -0.1) is 0 Å². The second-order valence-electron chi connectivity index (χ2n) is 6.21. The molecule has 0 radical (unpaired) electrons. The Hall–Kier alpha value is -0.730. The van der Waals surface area contributed by atoms with Crippen LogP contribution in [0.3, 0.4) is 0 Å². The van der Waals surface area contributed by atoms with Crippen LogP contribution < -0.4 is 0 Å². The first kappa shape index (κ1) is 14.7. The highest BCUT2D eigenvalue weighted by Crippen LogP contribution is 2.66. The third kappa shape index (κ3) is 1.66. The number of oxime groups is 1. The Morgan fingerprint density at radius 3 is 2.26 bits per heavy atom. The Morgan fingerprint density at radius 1 is 1.26 bits per heavy atom. The maximum Gasteiger partial charge on any atom is 0.163 e. The topological polar surface area (TPSA) is 112 Å². The fourth-order valence-electron chi connectivity index (χ4n) is 2.98. The van der Waals surface area contributed by atoms with Crippen LogP contribution in [0.25, 0.3) is 0 Å². The molecule has 19 heavy (non-hydrogen) atoms. The fourth-order valence-corrected chi connectivity index (χ4v) is 2.98. The van der Waals surface area contributed by atoms with Crippen molar-refractivity contribution in [3.05, 3.63) is 0 Å². The lowest BCUT2D eigenvalue weighted by molar-refractivity contribution is -0.170. The van der Waals surface area contributed by atoms with E-state index in [1.54, 1.807) is 27.7 Å². The molecule has 0 spiro atoms. The van der Waals surface area contributed by atoms with Gasteiger partial charge in [-0.2, -0.15) is 0 Å². The van der Waals surface area contributed by atoms with Crippen molar-refractivity contribution < 1.29 is 30.0 Å². The van der Waals surface area contributed by atoms with Crippen molar-refractivity contribution in [2.75, 3.05) is 6.61 Å². The summed E-state index contributed by atoms with van der Waals surface area (Å²) in [5, 5.41) is 42.6. The van der Waals surface area contributed by atoms with Gasteiger partial charge in [-0.3, -0.25) is 0 Å². The number of aliphatic hydroxyl groups excluding tert-OH is 1. The third-order valence-corrected chi connectivity index (χ3v) is 4.48. The molecule has 0 aromatic heterocycles. The molecule has 7 nitrogen and oxygen atoms in total. The van der Waals surface area contributed by atoms with E-state index < -0.39 is 34.6 Å². The van der Waals surface area contributed by atoms with Crippen molar-refractivity contribution in [2.24, 2.45) is 10.6 Å². The highest BCUT2D eigenvalue weighted by atomic mass is 16.7. The Labute approximate surface area is 111 Å². The second kappa shape index (κ2) is 3.89. The first-order valence-electron chi connectivity index (χ1n) is 6.17. The molecule has 1 heterocycles. The van der Waals surface area contributed by atoms with Gasteiger partial charge in [0.2, 0.25) is 0 Å². The summed E-state index contributed by atoms with van der Waals surface area (Å²) in [5.74, 6) is -0.843. The van der Waals surface area contributed by atoms with Crippen molar-refractivity contribution in [3.63, 3.8) is 0 Å². The quantitative estimate of drug-likeness (QED) is 0.313. The minimum Gasteiger partial charge on any atom is -0.411 e. The molecule has 0 aromatic rings. The predicted molar refractivity (Wildman–Crippen MR) is 64.9 cm³/mol. The van der Waals surface area contributed by atoms with E-state index in [-0.39, 0.29) is 6.61 Å². The van der Waals surface area contributed by atoms with Gasteiger partial charge in [-0.05, 0) is 13.8 Å². The average molecular weight is 275 g/mol. The van der Waals surface area contributed by atoms with Gasteiger partial charge in [0.15, 0.2) is 5.79 Å². The Balaban J connectivity index is 2.23. The summed E-state index contributed by atoms with van der Waals surface area (Å²) in [7, 11) is 0. The van der Waals surface area contributed by atoms with Crippen LogP contribution in [0.5, 0.6) is 0 Å². The van der Waals surface area contributed by atoms with Crippen molar-refractivity contribution in [2.45, 2.75) is 56.9 Å². The van der Waals surface area contributed by atoms with E-state index in [1.165, 1.54) is 0 Å². The van der Waals surface area contributed by atoms with Crippen LogP contribution in [0.4, 0.5) is 0 Å². The predicted octanol–water partition coefficient (Wildman–Crippen LogP) is -0.539. The lowest BCUT2D eigenvalue weighted by Crippen LogP contribution is -2.47. The van der Waals surface area contributed by atoms with Gasteiger partial charge in [-0.25, -0.2) is 0 Å². The number of hydrogen-bond acceptors (Lipinski definition) is 7. The van der Waals surface area contributed by atoms with Gasteiger partial charge in [-0.1, -0.05) is 19.0 Å². The molecule has 0 aromatic carbocycles. The molecule has 1 saturated carbocycles. The van der Waals surface area contributed by atoms with E-state index in [2.05, 4.69) is 5.16 Å². The Bertz CT molecular complexity index is 409. The number of aliphatic hydroxyl groups is 3. The zero-order valence-corrected chi connectivity index (χ0v) is 11.5. The molecular weight excluding hydrogens is 254 g/mol. The summed E-state index contributed by atoms with van der Waals surface area (Å²) < 4.78 is 10.8. The molecule has 1 saturated heterocycles. The minimum atomic E-state index is -1.86. The molecular formula is C12H21NO6. The van der Waals surface area contributed by atoms with Crippen LogP contribution in [0, 0.1) is 5.41 Å². The summed E-state index contributed by atoms with van der Waals surface area (Å²) in [4.78, 5) is 0. The van der Waals surface area contributed by atoms with Gasteiger partial charge >= 0.3 is 0 Å². The molecule has 1 aliphatic heterocycles. The molecule has 2 rings (SSSR count). The summed E-state index contributed by atoms with van der Waals surface area (Å²) in [5.41, 5.74) is -4.74. The average Bonchev–Trinajstić information content (AvgIpc) is 2.62. The zero-order chi connectivity index (χ0) is 14.7. The summed E-state index contributed by atoms with van der Waals surface area (Å²) in [6.07, 6.45) is -1.30. The van der Waals surface area contributed by atoms with Crippen molar-refractivity contribution >= 4 is 6.21 Å². The van der Waals surface area contributed by atoms with Gasteiger partial charge in [0, 0.05) is 5.41 Å². The largest absolute Gasteiger partial charge is 0.411 e. The van der Waals surface area contributed by atoms with E-state index in [4.69, 9.17) is 14.7 Å². The van der Waals surface area contributed by atoms with E-state index in [0.29, 0.717) is 0 Å². The second-order valence-corrected chi connectivity index (χ2v) is 6.21. The summed E-state index contributed by atoms with van der Waals surface area (Å²) in [6.45, 7) is 6.64. The molecule has 2 fully saturated rings. The van der Waals surface area contributed by atoms with Gasteiger partial charge in [0.1, 0.15) is 23.4 Å². The van der Waals surface area contributed by atoms with Gasteiger partial charge < -0.3 is 30.0 Å². The van der Waals surface area contributed by atoms with E-state index in [9.17, 15) is 15.3 Å². The third-order valence-electron chi connectivity index (χ3n) is 4.48. The highest BCUT2D eigenvalue weighted by molar-refractivity contribution is 5.79. The number of rotatable bonds is 3. The first-order valence-corrected chi connectivity index (χ1v) is 6.17. The van der Waals surface area contributed by atoms with Crippen LogP contribution in [0.2, 0.25) is 0 Å². The molecule has 4 atom stereocenters. The maximum absolute atomic E-state index is 10.6. The molecule has 110 valence electrons. The number of hydrogen-bond donors (Lipinski definition) is 4. The molecule has 4 N–H and O–H groups in total. The Kier molecular flexibility index (Phi) is 3.01. The van der Waals surface area contributed by atoms with Crippen LogP contribution in [-0.4, -0.2) is 62.5 Å². The number of nitrogens with zero attached hydrogens (tertiary/aromatic N) is 1. The van der Waals surface area contributed by atoms with Gasteiger partial charge in [0.25, 0.3) is 0 Å². The molecule has 0 bridgehead atoms. The highest BCUT2D eigenvalue weighted by Gasteiger charge is 2.86. The lowest BCUT2D eigenvalue weighted by Gasteiger charge is -2.26. The normalized spacial score (nSPS) is 45.5. The molecule has 2 aliphatic rings. The number of ether oxygens (including phenoxy) is 2. The SMILES string of the molecule is CC1(C)OC[C@H]([C@H](O)[C@]2(O)C(C)(C)[C@]2(O)C=NO)O1. The Morgan fingerprint density at radius 2 is 1.84 bits per heavy atom. The lowest BCUT2D eigenvalue weighted by atomic mass is 9.98. The standard InChI is InChI=1S/C12H21NO6/c1-9(2)11(15,6-13-17)12(9,16)8(14)7-5-18-10(3,4)19-7/h6-8,14-17H,5H2,1-4H3/t7-,8+,11-,12+/m1/s1. The van der Waals surface area contributed by atoms with Crippen molar-refractivity contribution in [1.29, 1.82) is 0 Å². The van der Waals surface area contributed by atoms with Crippen LogP contribution in [0.1, 0.15) is 27.7 Å². The molecule has 0 unspecified atom stereocenters. The minimum absolute atomic E-state index is 0.110. The monoisotopic (exact) mass is 275 g/mol. The summed E-state index contributed by atoms with van der Waals surface area (Å²) >= 11 is 0. The van der Waals surface area contributed by atoms with Crippen LogP contribution >= 0.6 is 0 Å². The molecule has 7 heteroatoms. The molecule has 0 amide bonds. The first-order chi connectivity index (χ1) is 8.53. The van der Waals surface area contributed by atoms with Crippen molar-refractivity contribution in [3.8, 4) is 0 Å². The van der Waals surface area contributed by atoms with Crippen LogP contribution in [-0.2, 0) is 9.47 Å². The van der Waals surface area contributed by atoms with Gasteiger partial charge in [0.05, 0.1) is 12.8 Å². The van der Waals surface area contributed by atoms with E-state index >= 15 is 0 Å².